The van der Waals surface area contributed by atoms with Gasteiger partial charge in [0.2, 0.25) is 0 Å². The van der Waals surface area contributed by atoms with Gasteiger partial charge in [-0.2, -0.15) is 0 Å². The van der Waals surface area contributed by atoms with E-state index < -0.39 is 0 Å². The molecule has 3 nitrogen and oxygen atoms in total. The minimum absolute atomic E-state index is 0.261. The number of aromatic nitrogens is 2. The topological polar surface area (TPSA) is 29.9 Å². The number of benzene rings is 2. The van der Waals surface area contributed by atoms with Gasteiger partial charge in [0.25, 0.3) is 0 Å². The van der Waals surface area contributed by atoms with Crippen LogP contribution in [0.15, 0.2) is 42.5 Å². The Kier molecular flexibility index (Phi) is 2.71. The molecule has 1 aromatic heterocycles. The van der Waals surface area contributed by atoms with Crippen LogP contribution in [0.4, 0.5) is 10.1 Å². The van der Waals surface area contributed by atoms with Crippen LogP contribution in [-0.4, -0.2) is 16.6 Å². The Bertz CT molecular complexity index is 729. The van der Waals surface area contributed by atoms with Crippen LogP contribution in [-0.2, 0) is 7.05 Å². The van der Waals surface area contributed by atoms with Crippen LogP contribution in [0.5, 0.6) is 0 Å². The molecule has 0 amide bonds. The van der Waals surface area contributed by atoms with Gasteiger partial charge in [0.15, 0.2) is 0 Å². The summed E-state index contributed by atoms with van der Waals surface area (Å²) in [6.45, 7) is 0. The molecule has 96 valence electrons. The quantitative estimate of drug-likeness (QED) is 0.760. The van der Waals surface area contributed by atoms with Crippen molar-refractivity contribution in [1.29, 1.82) is 0 Å². The average molecular weight is 255 g/mol. The highest BCUT2D eigenvalue weighted by molar-refractivity contribution is 5.80. The molecule has 0 aliphatic heterocycles. The van der Waals surface area contributed by atoms with Gasteiger partial charge in [-0.25, -0.2) is 9.37 Å². The third kappa shape index (κ3) is 1.95. The smallest absolute Gasteiger partial charge is 0.140 e. The third-order valence-electron chi connectivity index (χ3n) is 3.27. The lowest BCUT2D eigenvalue weighted by molar-refractivity contribution is 0.629. The van der Waals surface area contributed by atoms with Crippen LogP contribution in [0.1, 0.15) is 0 Å². The second-order valence-corrected chi connectivity index (χ2v) is 4.45. The maximum absolute atomic E-state index is 13.2. The maximum atomic E-state index is 13.2. The van der Waals surface area contributed by atoms with Crippen molar-refractivity contribution in [1.82, 2.24) is 9.55 Å². The monoisotopic (exact) mass is 255 g/mol. The molecule has 0 atom stereocenters. The second kappa shape index (κ2) is 4.39. The van der Waals surface area contributed by atoms with Gasteiger partial charge >= 0.3 is 0 Å². The zero-order valence-electron chi connectivity index (χ0n) is 10.8. The Balaban J connectivity index is 2.15. The van der Waals surface area contributed by atoms with Gasteiger partial charge in [0.1, 0.15) is 11.6 Å². The van der Waals surface area contributed by atoms with E-state index in [9.17, 15) is 4.39 Å². The number of rotatable bonds is 2. The lowest BCUT2D eigenvalue weighted by Crippen LogP contribution is -1.93. The Morgan fingerprint density at radius 3 is 2.53 bits per heavy atom. The minimum Gasteiger partial charge on any atom is -0.388 e. The van der Waals surface area contributed by atoms with Crippen molar-refractivity contribution in [3.05, 3.63) is 48.3 Å². The van der Waals surface area contributed by atoms with Gasteiger partial charge in [0, 0.05) is 31.4 Å². The minimum atomic E-state index is -0.261. The number of aryl methyl sites for hydroxylation is 1. The van der Waals surface area contributed by atoms with E-state index in [1.807, 2.05) is 42.9 Å². The molecule has 0 saturated heterocycles. The summed E-state index contributed by atoms with van der Waals surface area (Å²) in [5.74, 6) is 0.575. The number of anilines is 1. The van der Waals surface area contributed by atoms with Gasteiger partial charge in [0.05, 0.1) is 11.0 Å². The van der Waals surface area contributed by atoms with Crippen LogP contribution in [0.2, 0.25) is 0 Å². The van der Waals surface area contributed by atoms with E-state index in [2.05, 4.69) is 10.3 Å². The van der Waals surface area contributed by atoms with Crippen LogP contribution in [0, 0.1) is 5.82 Å². The highest BCUT2D eigenvalue weighted by atomic mass is 19.1. The fraction of sp³-hybridized carbons (Fsp3) is 0.133. The lowest BCUT2D eigenvalue weighted by atomic mass is 10.2. The standard InChI is InChI=1S/C15H14FN3/c1-17-12-6-3-10(4-7-12)15-18-13-9-11(16)5-8-14(13)19(15)2/h3-9,17H,1-2H3. The predicted octanol–water partition coefficient (Wildman–Crippen LogP) is 3.42. The average Bonchev–Trinajstić information content (AvgIpc) is 2.75. The molecule has 0 unspecified atom stereocenters. The summed E-state index contributed by atoms with van der Waals surface area (Å²) >= 11 is 0. The Morgan fingerprint density at radius 1 is 1.11 bits per heavy atom. The molecular formula is C15H14FN3. The number of hydrogen-bond acceptors (Lipinski definition) is 2. The van der Waals surface area contributed by atoms with Crippen molar-refractivity contribution in [3.8, 4) is 11.4 Å². The molecule has 0 aliphatic rings. The molecule has 4 heteroatoms. The molecule has 0 spiro atoms. The number of hydrogen-bond donors (Lipinski definition) is 1. The van der Waals surface area contributed by atoms with E-state index in [0.717, 1.165) is 22.6 Å². The van der Waals surface area contributed by atoms with Crippen LogP contribution < -0.4 is 5.32 Å². The Hall–Kier alpha value is -2.36. The molecule has 1 heterocycles. The number of nitrogens with zero attached hydrogens (tertiary/aromatic N) is 2. The van der Waals surface area contributed by atoms with Gasteiger partial charge in [-0.05, 0) is 36.4 Å². The molecule has 19 heavy (non-hydrogen) atoms. The first-order valence-electron chi connectivity index (χ1n) is 6.09. The van der Waals surface area contributed by atoms with Crippen molar-refractivity contribution < 1.29 is 4.39 Å². The molecule has 0 bridgehead atoms. The van der Waals surface area contributed by atoms with Crippen molar-refractivity contribution in [2.45, 2.75) is 0 Å². The van der Waals surface area contributed by atoms with Crippen molar-refractivity contribution in [2.75, 3.05) is 12.4 Å². The first-order valence-corrected chi connectivity index (χ1v) is 6.09. The molecule has 3 aromatic rings. The van der Waals surface area contributed by atoms with Crippen LogP contribution >= 0.6 is 0 Å². The van der Waals surface area contributed by atoms with Crippen LogP contribution in [0.25, 0.3) is 22.4 Å². The maximum Gasteiger partial charge on any atom is 0.140 e. The van der Waals surface area contributed by atoms with E-state index in [0.29, 0.717) is 5.52 Å². The third-order valence-corrected chi connectivity index (χ3v) is 3.27. The molecular weight excluding hydrogens is 241 g/mol. The fourth-order valence-corrected chi connectivity index (χ4v) is 2.22. The van der Waals surface area contributed by atoms with E-state index in [1.165, 1.54) is 12.1 Å². The number of imidazole rings is 1. The first kappa shape index (κ1) is 11.7. The lowest BCUT2D eigenvalue weighted by Gasteiger charge is -2.04. The highest BCUT2D eigenvalue weighted by Gasteiger charge is 2.10. The summed E-state index contributed by atoms with van der Waals surface area (Å²) in [5, 5.41) is 3.08. The van der Waals surface area contributed by atoms with E-state index >= 15 is 0 Å². The van der Waals surface area contributed by atoms with Crippen molar-refractivity contribution in [2.24, 2.45) is 7.05 Å². The predicted molar refractivity (Wildman–Crippen MR) is 75.7 cm³/mol. The highest BCUT2D eigenvalue weighted by Crippen LogP contribution is 2.25. The zero-order valence-corrected chi connectivity index (χ0v) is 10.8. The number of fused-ring (bicyclic) bond motifs is 1. The van der Waals surface area contributed by atoms with E-state index in [4.69, 9.17) is 0 Å². The summed E-state index contributed by atoms with van der Waals surface area (Å²) in [7, 11) is 3.82. The second-order valence-electron chi connectivity index (χ2n) is 4.45. The molecule has 0 aliphatic carbocycles. The Morgan fingerprint density at radius 2 is 1.84 bits per heavy atom. The summed E-state index contributed by atoms with van der Waals surface area (Å²) in [5.41, 5.74) is 3.66. The van der Waals surface area contributed by atoms with Crippen molar-refractivity contribution in [3.63, 3.8) is 0 Å². The summed E-state index contributed by atoms with van der Waals surface area (Å²) < 4.78 is 15.2. The van der Waals surface area contributed by atoms with E-state index in [1.54, 1.807) is 6.07 Å². The number of halogens is 1. The molecule has 1 N–H and O–H groups in total. The summed E-state index contributed by atoms with van der Waals surface area (Å²) in [6.07, 6.45) is 0. The van der Waals surface area contributed by atoms with Gasteiger partial charge in [-0.3, -0.25) is 0 Å². The molecule has 0 radical (unpaired) electrons. The van der Waals surface area contributed by atoms with Gasteiger partial charge in [-0.1, -0.05) is 0 Å². The summed E-state index contributed by atoms with van der Waals surface area (Å²) in [4.78, 5) is 4.50. The molecule has 3 rings (SSSR count). The Labute approximate surface area is 110 Å². The van der Waals surface area contributed by atoms with Gasteiger partial charge in [-0.15, -0.1) is 0 Å². The summed E-state index contributed by atoms with van der Waals surface area (Å²) in [6, 6.07) is 12.7. The zero-order chi connectivity index (χ0) is 13.4. The van der Waals surface area contributed by atoms with Crippen molar-refractivity contribution >= 4 is 16.7 Å². The first-order chi connectivity index (χ1) is 9.19. The molecule has 0 saturated carbocycles. The fourth-order valence-electron chi connectivity index (χ4n) is 2.22. The normalized spacial score (nSPS) is 10.9. The number of nitrogens with one attached hydrogen (secondary N) is 1. The molecule has 0 fully saturated rings. The van der Waals surface area contributed by atoms with Crippen LogP contribution in [0.3, 0.4) is 0 Å². The molecule has 2 aromatic carbocycles. The SMILES string of the molecule is CNc1ccc(-c2nc3cc(F)ccc3n2C)cc1. The van der Waals surface area contributed by atoms with Gasteiger partial charge < -0.3 is 9.88 Å². The largest absolute Gasteiger partial charge is 0.388 e. The van der Waals surface area contributed by atoms with E-state index in [-0.39, 0.29) is 5.82 Å².